The third-order valence-corrected chi connectivity index (χ3v) is 4.52. The summed E-state index contributed by atoms with van der Waals surface area (Å²) in [5.41, 5.74) is 0.950. The zero-order valence-electron chi connectivity index (χ0n) is 9.74. The minimum Gasteiger partial charge on any atom is -0.264 e. The highest BCUT2D eigenvalue weighted by Crippen LogP contribution is 2.18. The van der Waals surface area contributed by atoms with E-state index in [9.17, 15) is 16.8 Å². The Morgan fingerprint density at radius 1 is 1.33 bits per heavy atom. The first kappa shape index (κ1) is 15.1. The maximum Gasteiger partial charge on any atom is 0.397 e. The molecule has 0 aromatic heterocycles. The van der Waals surface area contributed by atoms with E-state index in [0.717, 1.165) is 5.57 Å². The lowest BCUT2D eigenvalue weighted by molar-refractivity contribution is 0.284. The fraction of sp³-hybridized carbons (Fsp3) is 0.400. The first-order valence-corrected chi connectivity index (χ1v) is 8.11. The maximum atomic E-state index is 11.8. The summed E-state index contributed by atoms with van der Waals surface area (Å²) in [5.74, 6) is -0.501. The molecule has 0 aromatic carbocycles. The highest BCUT2D eigenvalue weighted by molar-refractivity contribution is 7.95. The van der Waals surface area contributed by atoms with Gasteiger partial charge in [0.25, 0.3) is 0 Å². The average Bonchev–Trinajstić information content (AvgIpc) is 2.40. The summed E-state index contributed by atoms with van der Waals surface area (Å²) >= 11 is 0. The molecule has 0 saturated heterocycles. The van der Waals surface area contributed by atoms with Gasteiger partial charge in [-0.25, -0.2) is 12.6 Å². The van der Waals surface area contributed by atoms with Crippen LogP contribution in [0.1, 0.15) is 13.3 Å². The van der Waals surface area contributed by atoms with Gasteiger partial charge in [-0.3, -0.25) is 4.55 Å². The van der Waals surface area contributed by atoms with Crippen LogP contribution >= 0.6 is 0 Å². The number of sulfone groups is 1. The van der Waals surface area contributed by atoms with Crippen molar-refractivity contribution in [1.82, 2.24) is 0 Å². The van der Waals surface area contributed by atoms with Gasteiger partial charge in [-0.15, -0.1) is 0 Å². The molecule has 0 fully saturated rings. The van der Waals surface area contributed by atoms with Crippen LogP contribution in [0.5, 0.6) is 0 Å². The minimum absolute atomic E-state index is 0.189. The molecule has 0 aromatic rings. The summed E-state index contributed by atoms with van der Waals surface area (Å²) in [5, 5.41) is 0. The first-order valence-electron chi connectivity index (χ1n) is 5.09. The molecule has 0 unspecified atom stereocenters. The van der Waals surface area contributed by atoms with Crippen molar-refractivity contribution in [2.75, 3.05) is 12.4 Å². The van der Waals surface area contributed by atoms with E-state index >= 15 is 0 Å². The van der Waals surface area contributed by atoms with Crippen LogP contribution in [0, 0.1) is 0 Å². The highest BCUT2D eigenvalue weighted by atomic mass is 32.3. The second kappa shape index (κ2) is 5.79. The summed E-state index contributed by atoms with van der Waals surface area (Å²) in [7, 11) is -8.19. The molecule has 0 saturated carbocycles. The van der Waals surface area contributed by atoms with Crippen LogP contribution in [0.15, 0.2) is 34.8 Å². The van der Waals surface area contributed by atoms with Crippen LogP contribution < -0.4 is 0 Å². The molecule has 1 aliphatic rings. The molecule has 6 nitrogen and oxygen atoms in total. The topological polar surface area (TPSA) is 97.7 Å². The fourth-order valence-electron chi connectivity index (χ4n) is 1.32. The molecule has 1 aliphatic carbocycles. The van der Waals surface area contributed by atoms with E-state index in [1.54, 1.807) is 18.2 Å². The Morgan fingerprint density at radius 2 is 2.00 bits per heavy atom. The lowest BCUT2D eigenvalue weighted by Crippen LogP contribution is -2.16. The van der Waals surface area contributed by atoms with Gasteiger partial charge in [0, 0.05) is 11.3 Å². The molecule has 0 aliphatic heterocycles. The minimum atomic E-state index is -4.60. The number of allylic oxidation sites excluding steroid dienone is 6. The highest BCUT2D eigenvalue weighted by Gasteiger charge is 2.18. The summed E-state index contributed by atoms with van der Waals surface area (Å²) < 4.78 is 56.6. The maximum absolute atomic E-state index is 11.8. The molecule has 8 heteroatoms. The van der Waals surface area contributed by atoms with Gasteiger partial charge in [0.05, 0.1) is 12.4 Å². The zero-order valence-corrected chi connectivity index (χ0v) is 11.4. The van der Waals surface area contributed by atoms with Gasteiger partial charge in [0.1, 0.15) is 0 Å². The van der Waals surface area contributed by atoms with Gasteiger partial charge >= 0.3 is 10.4 Å². The molecule has 0 spiro atoms. The van der Waals surface area contributed by atoms with E-state index in [0.29, 0.717) is 0 Å². The second-order valence-electron chi connectivity index (χ2n) is 3.71. The Kier molecular flexibility index (Phi) is 4.85. The largest absolute Gasteiger partial charge is 0.397 e. The molecule has 18 heavy (non-hydrogen) atoms. The standard InChI is InChI=1S/C10H14O6S2/c1-9-3-2-4-10(6-5-9)17(11,12)8-7-16-18(13,14)15/h2-5H,6-8H2,1H3,(H,13,14,15). The lowest BCUT2D eigenvalue weighted by Gasteiger charge is -2.05. The molecule has 1 rings (SSSR count). The summed E-state index contributed by atoms with van der Waals surface area (Å²) in [6, 6.07) is 0. The first-order chi connectivity index (χ1) is 8.21. The normalized spacial score (nSPS) is 17.0. The van der Waals surface area contributed by atoms with Crippen molar-refractivity contribution in [3.63, 3.8) is 0 Å². The molecule has 102 valence electrons. The van der Waals surface area contributed by atoms with Crippen LogP contribution in [-0.4, -0.2) is 33.7 Å². The monoisotopic (exact) mass is 294 g/mol. The van der Waals surface area contributed by atoms with Crippen molar-refractivity contribution in [3.8, 4) is 0 Å². The molecule has 0 atom stereocenters. The Bertz CT molecular complexity index is 590. The van der Waals surface area contributed by atoms with Crippen LogP contribution in [-0.2, 0) is 24.4 Å². The van der Waals surface area contributed by atoms with Crippen LogP contribution in [0.3, 0.4) is 0 Å². The van der Waals surface area contributed by atoms with Crippen LogP contribution in [0.4, 0.5) is 0 Å². The van der Waals surface area contributed by atoms with Gasteiger partial charge in [-0.1, -0.05) is 23.8 Å². The lowest BCUT2D eigenvalue weighted by atomic mass is 10.2. The Morgan fingerprint density at radius 3 is 2.61 bits per heavy atom. The number of hydrogen-bond donors (Lipinski definition) is 1. The predicted molar refractivity (Wildman–Crippen MR) is 66.9 cm³/mol. The van der Waals surface area contributed by atoms with Gasteiger partial charge < -0.3 is 0 Å². The molecule has 0 radical (unpaired) electrons. The van der Waals surface area contributed by atoms with Crippen molar-refractivity contribution < 1.29 is 25.6 Å². The Balaban J connectivity index is 2.71. The van der Waals surface area contributed by atoms with Crippen molar-refractivity contribution in [2.45, 2.75) is 13.3 Å². The van der Waals surface area contributed by atoms with Crippen molar-refractivity contribution in [2.24, 2.45) is 0 Å². The summed E-state index contributed by atoms with van der Waals surface area (Å²) in [6.45, 7) is 1.24. The van der Waals surface area contributed by atoms with Gasteiger partial charge in [-0.05, 0) is 13.0 Å². The molecular formula is C10H14O6S2. The van der Waals surface area contributed by atoms with Gasteiger partial charge in [-0.2, -0.15) is 8.42 Å². The van der Waals surface area contributed by atoms with E-state index in [1.165, 1.54) is 6.08 Å². The molecular weight excluding hydrogens is 280 g/mol. The molecule has 0 amide bonds. The molecule has 0 bridgehead atoms. The summed E-state index contributed by atoms with van der Waals surface area (Å²) in [4.78, 5) is 0.189. The molecule has 0 heterocycles. The van der Waals surface area contributed by atoms with Crippen LogP contribution in [0.2, 0.25) is 0 Å². The van der Waals surface area contributed by atoms with Crippen molar-refractivity contribution in [3.05, 3.63) is 34.8 Å². The number of hydrogen-bond acceptors (Lipinski definition) is 5. The smallest absolute Gasteiger partial charge is 0.264 e. The third kappa shape index (κ3) is 5.13. The van der Waals surface area contributed by atoms with Crippen molar-refractivity contribution >= 4 is 20.2 Å². The van der Waals surface area contributed by atoms with E-state index < -0.39 is 32.6 Å². The SMILES string of the molecule is CC1=CCC(S(=O)(=O)CCOS(=O)(=O)O)=CC=C1. The van der Waals surface area contributed by atoms with Crippen LogP contribution in [0.25, 0.3) is 0 Å². The second-order valence-corrected chi connectivity index (χ2v) is 6.97. The van der Waals surface area contributed by atoms with Gasteiger partial charge in [0.2, 0.25) is 0 Å². The predicted octanol–water partition coefficient (Wildman–Crippen LogP) is 1.01. The Labute approximate surface area is 107 Å². The average molecular weight is 294 g/mol. The van der Waals surface area contributed by atoms with E-state index in [2.05, 4.69) is 4.18 Å². The zero-order chi connectivity index (χ0) is 13.8. The van der Waals surface area contributed by atoms with Gasteiger partial charge in [0.15, 0.2) is 9.84 Å². The fourth-order valence-corrected chi connectivity index (χ4v) is 2.90. The van der Waals surface area contributed by atoms with E-state index in [1.807, 2.05) is 6.92 Å². The van der Waals surface area contributed by atoms with E-state index in [-0.39, 0.29) is 11.3 Å². The number of rotatable bonds is 5. The Hall–Kier alpha value is -0.960. The summed E-state index contributed by atoms with van der Waals surface area (Å²) in [6.07, 6.45) is 6.88. The quantitative estimate of drug-likeness (QED) is 0.760. The van der Waals surface area contributed by atoms with E-state index in [4.69, 9.17) is 4.55 Å². The third-order valence-electron chi connectivity index (χ3n) is 2.25. The molecule has 1 N–H and O–H groups in total. The van der Waals surface area contributed by atoms with Crippen molar-refractivity contribution in [1.29, 1.82) is 0 Å².